The monoisotopic (exact) mass is 288 g/mol. The van der Waals surface area contributed by atoms with Crippen LogP contribution in [0.15, 0.2) is 24.3 Å². The van der Waals surface area contributed by atoms with E-state index in [9.17, 15) is 4.79 Å². The summed E-state index contributed by atoms with van der Waals surface area (Å²) in [4.78, 5) is 11.7. The third kappa shape index (κ3) is 2.42. The van der Waals surface area contributed by atoms with Crippen LogP contribution in [0, 0.1) is 11.3 Å². The van der Waals surface area contributed by atoms with E-state index in [1.165, 1.54) is 0 Å². The third-order valence-corrected chi connectivity index (χ3v) is 5.06. The standard InChI is InChI=1S/C17H24N2O2/c1-17(2)15(12-8-9-21-16(12)17)19-13-7-5-4-6-11(13)10-14(20)18-3/h4-7,12,15-16,19H,8-10H2,1-3H3,(H,18,20). The molecule has 1 aromatic rings. The van der Waals surface area contributed by atoms with E-state index in [0.717, 1.165) is 24.3 Å². The van der Waals surface area contributed by atoms with Gasteiger partial charge in [-0.3, -0.25) is 4.79 Å². The molecule has 0 radical (unpaired) electrons. The van der Waals surface area contributed by atoms with Crippen LogP contribution in [0.4, 0.5) is 5.69 Å². The molecule has 1 heterocycles. The van der Waals surface area contributed by atoms with E-state index in [4.69, 9.17) is 4.74 Å². The summed E-state index contributed by atoms with van der Waals surface area (Å²) in [6.45, 7) is 5.40. The van der Waals surface area contributed by atoms with Gasteiger partial charge in [-0.15, -0.1) is 0 Å². The first-order chi connectivity index (χ1) is 10.0. The Hall–Kier alpha value is -1.55. The van der Waals surface area contributed by atoms with Gasteiger partial charge in [0.15, 0.2) is 0 Å². The lowest BCUT2D eigenvalue weighted by atomic mass is 9.57. The first kappa shape index (κ1) is 14.4. The molecule has 1 amide bonds. The van der Waals surface area contributed by atoms with E-state index >= 15 is 0 Å². The van der Waals surface area contributed by atoms with Gasteiger partial charge in [-0.05, 0) is 18.1 Å². The quantitative estimate of drug-likeness (QED) is 0.893. The van der Waals surface area contributed by atoms with E-state index in [1.807, 2.05) is 18.2 Å². The smallest absolute Gasteiger partial charge is 0.224 e. The number of likely N-dealkylation sites (N-methyl/N-ethyl adjacent to an activating group) is 1. The zero-order valence-electron chi connectivity index (χ0n) is 13.0. The number of amides is 1. The number of para-hydroxylation sites is 1. The van der Waals surface area contributed by atoms with Crippen molar-refractivity contribution < 1.29 is 9.53 Å². The summed E-state index contributed by atoms with van der Waals surface area (Å²) in [6.07, 6.45) is 1.92. The number of fused-ring (bicyclic) bond motifs is 1. The SMILES string of the molecule is CNC(=O)Cc1ccccc1NC1C2CCOC2C1(C)C. The number of anilines is 1. The third-order valence-electron chi connectivity index (χ3n) is 5.06. The molecule has 1 aliphatic carbocycles. The summed E-state index contributed by atoms with van der Waals surface area (Å²) in [5.41, 5.74) is 2.26. The summed E-state index contributed by atoms with van der Waals surface area (Å²) in [5.74, 6) is 0.632. The fraction of sp³-hybridized carbons (Fsp3) is 0.588. The molecule has 4 heteroatoms. The van der Waals surface area contributed by atoms with Crippen LogP contribution in [-0.2, 0) is 16.0 Å². The maximum atomic E-state index is 11.7. The van der Waals surface area contributed by atoms with Crippen LogP contribution in [0.2, 0.25) is 0 Å². The number of hydrogen-bond acceptors (Lipinski definition) is 3. The van der Waals surface area contributed by atoms with Crippen LogP contribution < -0.4 is 10.6 Å². The van der Waals surface area contributed by atoms with Gasteiger partial charge in [0.25, 0.3) is 0 Å². The van der Waals surface area contributed by atoms with Gasteiger partial charge in [0, 0.05) is 36.7 Å². The van der Waals surface area contributed by atoms with Crippen LogP contribution in [0.3, 0.4) is 0 Å². The van der Waals surface area contributed by atoms with Gasteiger partial charge in [-0.2, -0.15) is 0 Å². The lowest BCUT2D eigenvalue weighted by Gasteiger charge is -2.55. The van der Waals surface area contributed by atoms with Crippen LogP contribution >= 0.6 is 0 Å². The Balaban J connectivity index is 1.77. The topological polar surface area (TPSA) is 50.4 Å². The van der Waals surface area contributed by atoms with Crippen LogP contribution in [0.5, 0.6) is 0 Å². The fourth-order valence-electron chi connectivity index (χ4n) is 3.86. The highest BCUT2D eigenvalue weighted by Crippen LogP contribution is 2.53. The molecule has 0 aromatic heterocycles. The minimum atomic E-state index is 0.0409. The Kier molecular flexibility index (Phi) is 3.66. The maximum Gasteiger partial charge on any atom is 0.224 e. The molecule has 21 heavy (non-hydrogen) atoms. The van der Waals surface area contributed by atoms with Crippen molar-refractivity contribution >= 4 is 11.6 Å². The normalized spacial score (nSPS) is 29.4. The van der Waals surface area contributed by atoms with Gasteiger partial charge < -0.3 is 15.4 Å². The lowest BCUT2D eigenvalue weighted by molar-refractivity contribution is -0.119. The van der Waals surface area contributed by atoms with Crippen molar-refractivity contribution in [3.05, 3.63) is 29.8 Å². The van der Waals surface area contributed by atoms with Crippen molar-refractivity contribution in [2.75, 3.05) is 19.0 Å². The van der Waals surface area contributed by atoms with Crippen molar-refractivity contribution in [3.8, 4) is 0 Å². The second kappa shape index (κ2) is 5.34. The number of carbonyl (C=O) groups is 1. The maximum absolute atomic E-state index is 11.7. The highest BCUT2D eigenvalue weighted by Gasteiger charge is 2.59. The first-order valence-corrected chi connectivity index (χ1v) is 7.70. The average Bonchev–Trinajstić information content (AvgIpc) is 2.93. The molecule has 1 saturated heterocycles. The van der Waals surface area contributed by atoms with Gasteiger partial charge in [-0.25, -0.2) is 0 Å². The highest BCUT2D eigenvalue weighted by molar-refractivity contribution is 5.80. The predicted molar refractivity (Wildman–Crippen MR) is 83.3 cm³/mol. The van der Waals surface area contributed by atoms with Crippen LogP contribution in [-0.4, -0.2) is 31.7 Å². The number of ether oxygens (including phenoxy) is 1. The Morgan fingerprint density at radius 3 is 2.90 bits per heavy atom. The molecular weight excluding hydrogens is 264 g/mol. The lowest BCUT2D eigenvalue weighted by Crippen LogP contribution is -2.63. The Bertz CT molecular complexity index is 541. The molecule has 2 fully saturated rings. The number of hydrogen-bond donors (Lipinski definition) is 2. The molecule has 0 spiro atoms. The number of rotatable bonds is 4. The number of nitrogens with one attached hydrogen (secondary N) is 2. The Morgan fingerprint density at radius 2 is 2.14 bits per heavy atom. The minimum absolute atomic E-state index is 0.0409. The molecule has 3 rings (SSSR count). The molecule has 2 aliphatic rings. The Morgan fingerprint density at radius 1 is 1.38 bits per heavy atom. The second-order valence-corrected chi connectivity index (χ2v) is 6.69. The van der Waals surface area contributed by atoms with E-state index in [1.54, 1.807) is 7.05 Å². The minimum Gasteiger partial charge on any atom is -0.381 e. The molecular formula is C17H24N2O2. The van der Waals surface area contributed by atoms with Crippen molar-refractivity contribution in [1.29, 1.82) is 0 Å². The molecule has 2 N–H and O–H groups in total. The molecule has 0 bridgehead atoms. The van der Waals surface area contributed by atoms with Gasteiger partial charge in [-0.1, -0.05) is 32.0 Å². The van der Waals surface area contributed by atoms with E-state index in [-0.39, 0.29) is 11.3 Å². The van der Waals surface area contributed by atoms with Gasteiger partial charge in [0.1, 0.15) is 0 Å². The molecule has 1 aliphatic heterocycles. The molecule has 1 saturated carbocycles. The van der Waals surface area contributed by atoms with Crippen LogP contribution in [0.1, 0.15) is 25.8 Å². The highest BCUT2D eigenvalue weighted by atomic mass is 16.5. The van der Waals surface area contributed by atoms with Crippen molar-refractivity contribution in [1.82, 2.24) is 5.32 Å². The average molecular weight is 288 g/mol. The van der Waals surface area contributed by atoms with Crippen molar-refractivity contribution in [2.24, 2.45) is 11.3 Å². The summed E-state index contributed by atoms with van der Waals surface area (Å²) >= 11 is 0. The fourth-order valence-corrected chi connectivity index (χ4v) is 3.86. The summed E-state index contributed by atoms with van der Waals surface area (Å²) in [6, 6.07) is 8.50. The van der Waals surface area contributed by atoms with E-state index in [0.29, 0.717) is 24.5 Å². The van der Waals surface area contributed by atoms with E-state index in [2.05, 4.69) is 30.5 Å². The predicted octanol–water partition coefficient (Wildman–Crippen LogP) is 2.20. The van der Waals surface area contributed by atoms with Gasteiger partial charge in [0.2, 0.25) is 5.91 Å². The zero-order valence-corrected chi connectivity index (χ0v) is 13.0. The molecule has 3 unspecified atom stereocenters. The number of carbonyl (C=O) groups excluding carboxylic acids is 1. The van der Waals surface area contributed by atoms with Crippen molar-refractivity contribution in [3.63, 3.8) is 0 Å². The summed E-state index contributed by atoms with van der Waals surface area (Å²) in [5, 5.41) is 6.37. The van der Waals surface area contributed by atoms with E-state index < -0.39 is 0 Å². The molecule has 4 nitrogen and oxygen atoms in total. The molecule has 114 valence electrons. The zero-order chi connectivity index (χ0) is 15.0. The van der Waals surface area contributed by atoms with Gasteiger partial charge >= 0.3 is 0 Å². The molecule has 1 aromatic carbocycles. The Labute approximate surface area is 126 Å². The van der Waals surface area contributed by atoms with Gasteiger partial charge in [0.05, 0.1) is 12.5 Å². The summed E-state index contributed by atoms with van der Waals surface area (Å²) in [7, 11) is 1.67. The first-order valence-electron chi connectivity index (χ1n) is 7.70. The van der Waals surface area contributed by atoms with Crippen molar-refractivity contribution in [2.45, 2.75) is 38.8 Å². The summed E-state index contributed by atoms with van der Waals surface area (Å²) < 4.78 is 5.84. The van der Waals surface area contributed by atoms with Crippen LogP contribution in [0.25, 0.3) is 0 Å². The molecule has 3 atom stereocenters. The number of benzene rings is 1. The second-order valence-electron chi connectivity index (χ2n) is 6.69. The largest absolute Gasteiger partial charge is 0.381 e.